The molecule has 2 saturated heterocycles. The van der Waals surface area contributed by atoms with Crippen LogP contribution in [-0.4, -0.2) is 70.5 Å². The highest BCUT2D eigenvalue weighted by molar-refractivity contribution is 6.36. The van der Waals surface area contributed by atoms with Crippen LogP contribution in [0.25, 0.3) is 32.9 Å². The summed E-state index contributed by atoms with van der Waals surface area (Å²) in [6.45, 7) is 20.8. The lowest BCUT2D eigenvalue weighted by Gasteiger charge is -2.14. The Morgan fingerprint density at radius 3 is 2.35 bits per heavy atom. The molecular weight excluding hydrogens is 666 g/mol. The highest BCUT2D eigenvalue weighted by atomic mass is 35.5. The lowest BCUT2D eigenvalue weighted by Crippen LogP contribution is -2.22. The van der Waals surface area contributed by atoms with Crippen molar-refractivity contribution < 1.29 is 13.5 Å². The van der Waals surface area contributed by atoms with Gasteiger partial charge in [-0.25, -0.2) is 13.8 Å². The molecule has 0 amide bonds. The summed E-state index contributed by atoms with van der Waals surface area (Å²) in [5, 5.41) is 2.65. The molecule has 10 heteroatoms. The molecule has 2 aliphatic rings. The van der Waals surface area contributed by atoms with Gasteiger partial charge in [0.2, 0.25) is 0 Å². The second-order valence-corrected chi connectivity index (χ2v) is 13.6. The Bertz CT molecular complexity index is 1650. The minimum Gasteiger partial charge on any atom is -0.467 e. The van der Waals surface area contributed by atoms with E-state index in [0.29, 0.717) is 51.8 Å². The lowest BCUT2D eigenvalue weighted by atomic mass is 9.97. The first-order valence-corrected chi connectivity index (χ1v) is 19.1. The topological polar surface area (TPSA) is 76.4 Å². The first-order chi connectivity index (χ1) is 24.5. The van der Waals surface area contributed by atoms with Crippen LogP contribution in [-0.2, 0) is 6.42 Å². The number of alkyl halides is 1. The second kappa shape index (κ2) is 22.6. The van der Waals surface area contributed by atoms with Crippen LogP contribution in [0.2, 0.25) is 5.02 Å². The largest absolute Gasteiger partial charge is 0.467 e. The number of aliphatic imine (C=N–C) groups is 1. The van der Waals surface area contributed by atoms with Crippen molar-refractivity contribution in [3.8, 4) is 17.3 Å². The number of ether oxygens (including phenoxy) is 1. The van der Waals surface area contributed by atoms with Crippen molar-refractivity contribution in [2.45, 2.75) is 119 Å². The SMILES string of the molecule is CC.CCC(C)CC(C)C.CCC=NC.CCc1nc(-c2cncc3cccc(Cl)c23)c(F)c2nc(OC)nc(C)c12.FC1CC2CCCN2C1. The third-order valence-electron chi connectivity index (χ3n) is 8.92. The standard InChI is InChI=1S/C20H16ClFN4O.C8H18.C7H12FN.C4H9N.C2H6/c1-4-14-15-10(2)24-20(27-3)26-19(15)17(22)18(25-14)12-9-23-8-11-6-5-7-13(21)16(11)12;1-5-8(4)6-7(2)3;8-6-4-7-2-1-3-9(7)5-6;1-3-4-5-2;1-2/h5-9H,4H2,1-3H3;7-8H,5-6H2,1-4H3;6-7H,1-5H2;4H,3H2,1-2H3;1-2H3. The van der Waals surface area contributed by atoms with Gasteiger partial charge in [-0.15, -0.1) is 0 Å². The van der Waals surface area contributed by atoms with Gasteiger partial charge >= 0.3 is 6.01 Å². The number of fused-ring (bicyclic) bond motifs is 3. The zero-order chi connectivity index (χ0) is 38.1. The number of hydrogen-bond donors (Lipinski definition) is 0. The third kappa shape index (κ3) is 12.4. The molecule has 3 atom stereocenters. The maximum atomic E-state index is 15.5. The van der Waals surface area contributed by atoms with Crippen molar-refractivity contribution in [2.24, 2.45) is 16.8 Å². The minimum absolute atomic E-state index is 0.118. The van der Waals surface area contributed by atoms with Crippen molar-refractivity contribution in [3.63, 3.8) is 0 Å². The molecule has 7 nitrogen and oxygen atoms in total. The number of methoxy groups -OCH3 is 1. The zero-order valence-electron chi connectivity index (χ0n) is 32.9. The molecule has 0 aliphatic carbocycles. The van der Waals surface area contributed by atoms with Crippen LogP contribution < -0.4 is 4.74 Å². The van der Waals surface area contributed by atoms with E-state index in [-0.39, 0.29) is 17.2 Å². The number of halogens is 3. The van der Waals surface area contributed by atoms with Gasteiger partial charge in [0.05, 0.1) is 18.5 Å². The molecule has 3 unspecified atom stereocenters. The van der Waals surface area contributed by atoms with E-state index >= 15 is 4.39 Å². The Morgan fingerprint density at radius 2 is 1.80 bits per heavy atom. The Kier molecular flexibility index (Phi) is 19.4. The summed E-state index contributed by atoms with van der Waals surface area (Å²) in [6, 6.07) is 6.21. The summed E-state index contributed by atoms with van der Waals surface area (Å²) in [5.41, 5.74) is 2.23. The Morgan fingerprint density at radius 1 is 1.08 bits per heavy atom. The van der Waals surface area contributed by atoms with Gasteiger partial charge in [-0.2, -0.15) is 9.97 Å². The predicted octanol–water partition coefficient (Wildman–Crippen LogP) is 11.3. The summed E-state index contributed by atoms with van der Waals surface area (Å²) in [7, 11) is 3.24. The summed E-state index contributed by atoms with van der Waals surface area (Å²) < 4.78 is 33.3. The number of nitrogens with zero attached hydrogens (tertiary/aromatic N) is 6. The molecule has 1 aromatic carbocycles. The van der Waals surface area contributed by atoms with Gasteiger partial charge < -0.3 is 9.73 Å². The van der Waals surface area contributed by atoms with Gasteiger partial charge in [-0.05, 0) is 76.1 Å². The molecule has 0 N–H and O–H groups in total. The summed E-state index contributed by atoms with van der Waals surface area (Å²) in [6.07, 6.45) is 12.3. The molecule has 0 radical (unpaired) electrons. The number of pyridine rings is 2. The fourth-order valence-corrected chi connectivity index (χ4v) is 6.76. The van der Waals surface area contributed by atoms with Gasteiger partial charge in [0.1, 0.15) is 17.4 Å². The van der Waals surface area contributed by atoms with Crippen LogP contribution in [0.5, 0.6) is 6.01 Å². The van der Waals surface area contributed by atoms with Gasteiger partial charge in [-0.1, -0.05) is 85.5 Å². The Balaban J connectivity index is 0.000000305. The average Bonchev–Trinajstić information content (AvgIpc) is 3.71. The summed E-state index contributed by atoms with van der Waals surface area (Å²) in [5.74, 6) is 1.26. The third-order valence-corrected chi connectivity index (χ3v) is 9.24. The highest BCUT2D eigenvalue weighted by Gasteiger charge is 2.34. The van der Waals surface area contributed by atoms with E-state index in [1.54, 1.807) is 32.4 Å². The monoisotopic (exact) mass is 726 g/mol. The Hall–Kier alpha value is -3.30. The number of hydrogen-bond acceptors (Lipinski definition) is 7. The summed E-state index contributed by atoms with van der Waals surface area (Å²) >= 11 is 6.41. The van der Waals surface area contributed by atoms with Gasteiger partial charge in [0.15, 0.2) is 5.82 Å². The molecule has 2 aliphatic heterocycles. The van der Waals surface area contributed by atoms with Crippen LogP contribution in [0, 0.1) is 24.6 Å². The van der Waals surface area contributed by atoms with E-state index < -0.39 is 12.0 Å². The zero-order valence-corrected chi connectivity index (χ0v) is 33.6. The molecular formula is C41H61ClF2N6O. The molecule has 0 bridgehead atoms. The molecule has 0 saturated carbocycles. The van der Waals surface area contributed by atoms with Crippen LogP contribution >= 0.6 is 11.6 Å². The maximum absolute atomic E-state index is 15.5. The first kappa shape index (κ1) is 43.9. The summed E-state index contributed by atoms with van der Waals surface area (Å²) in [4.78, 5) is 23.4. The predicted molar refractivity (Wildman–Crippen MR) is 213 cm³/mol. The van der Waals surface area contributed by atoms with Crippen molar-refractivity contribution in [1.82, 2.24) is 24.8 Å². The number of aromatic nitrogens is 4. The fraction of sp³-hybridized carbons (Fsp3) is 0.585. The lowest BCUT2D eigenvalue weighted by molar-refractivity contribution is 0.292. The van der Waals surface area contributed by atoms with Gasteiger partial charge in [0.25, 0.3) is 0 Å². The van der Waals surface area contributed by atoms with Crippen molar-refractivity contribution >= 4 is 39.5 Å². The molecule has 4 aromatic rings. The Labute approximate surface area is 310 Å². The van der Waals surface area contributed by atoms with E-state index in [1.807, 2.05) is 39.1 Å². The van der Waals surface area contributed by atoms with Gasteiger partial charge in [0, 0.05) is 58.8 Å². The molecule has 2 fully saturated rings. The molecule has 51 heavy (non-hydrogen) atoms. The van der Waals surface area contributed by atoms with Crippen LogP contribution in [0.3, 0.4) is 0 Å². The molecule has 3 aromatic heterocycles. The second-order valence-electron chi connectivity index (χ2n) is 13.2. The maximum Gasteiger partial charge on any atom is 0.316 e. The smallest absolute Gasteiger partial charge is 0.316 e. The van der Waals surface area contributed by atoms with Crippen LogP contribution in [0.1, 0.15) is 105 Å². The van der Waals surface area contributed by atoms with E-state index in [9.17, 15) is 4.39 Å². The highest BCUT2D eigenvalue weighted by Crippen LogP contribution is 2.36. The number of aryl methyl sites for hydroxylation is 2. The average molecular weight is 727 g/mol. The molecule has 6 rings (SSSR count). The van der Waals surface area contributed by atoms with Crippen LogP contribution in [0.4, 0.5) is 8.78 Å². The van der Waals surface area contributed by atoms with Gasteiger partial charge in [-0.3, -0.25) is 9.88 Å². The normalized spacial score (nSPS) is 17.1. The van der Waals surface area contributed by atoms with E-state index in [4.69, 9.17) is 16.3 Å². The van der Waals surface area contributed by atoms with Crippen molar-refractivity contribution in [2.75, 3.05) is 27.2 Å². The van der Waals surface area contributed by atoms with E-state index in [0.717, 1.165) is 36.6 Å². The molecule has 0 spiro atoms. The molecule has 5 heterocycles. The first-order valence-electron chi connectivity index (χ1n) is 18.7. The van der Waals surface area contributed by atoms with E-state index in [1.165, 1.54) is 32.8 Å². The van der Waals surface area contributed by atoms with Crippen LogP contribution in [0.15, 0.2) is 35.6 Å². The fourth-order valence-electron chi connectivity index (χ4n) is 6.48. The van der Waals surface area contributed by atoms with Crippen molar-refractivity contribution in [3.05, 3.63) is 52.8 Å². The number of rotatable bonds is 7. The van der Waals surface area contributed by atoms with Crippen molar-refractivity contribution in [1.29, 1.82) is 0 Å². The number of benzene rings is 1. The molecule has 282 valence electrons. The minimum atomic E-state index is -0.541. The quantitative estimate of drug-likeness (QED) is 0.176. The van der Waals surface area contributed by atoms with E-state index in [2.05, 4.69) is 64.4 Å².